The van der Waals surface area contributed by atoms with Gasteiger partial charge in [0.05, 0.1) is 13.5 Å². The van der Waals surface area contributed by atoms with Crippen LogP contribution in [0.3, 0.4) is 0 Å². The van der Waals surface area contributed by atoms with E-state index in [9.17, 15) is 9.18 Å². The minimum atomic E-state index is -0.315. The number of ether oxygens (including phenoxy) is 1. The zero-order valence-electron chi connectivity index (χ0n) is 19.3. The summed E-state index contributed by atoms with van der Waals surface area (Å²) in [4.78, 5) is 28.4. The van der Waals surface area contributed by atoms with Crippen LogP contribution in [0.2, 0.25) is 0 Å². The van der Waals surface area contributed by atoms with Gasteiger partial charge in [0.25, 0.3) is 5.95 Å². The molecular weight excluding hydrogens is 447 g/mol. The van der Waals surface area contributed by atoms with Gasteiger partial charge in [0.1, 0.15) is 17.4 Å². The number of nitrogens with zero attached hydrogens (tertiary/aromatic N) is 6. The third-order valence-electron chi connectivity index (χ3n) is 6.22. The fraction of sp³-hybridized carbons (Fsp3) is 0.269. The van der Waals surface area contributed by atoms with Crippen LogP contribution in [0.5, 0.6) is 5.75 Å². The maximum absolute atomic E-state index is 13.4. The predicted molar refractivity (Wildman–Crippen MR) is 128 cm³/mol. The molecule has 0 unspecified atom stereocenters. The molecule has 35 heavy (non-hydrogen) atoms. The van der Waals surface area contributed by atoms with Gasteiger partial charge in [-0.2, -0.15) is 4.68 Å². The van der Waals surface area contributed by atoms with Gasteiger partial charge in [-0.3, -0.25) is 4.79 Å². The first kappa shape index (κ1) is 22.6. The van der Waals surface area contributed by atoms with E-state index in [-0.39, 0.29) is 17.6 Å². The molecule has 0 aliphatic carbocycles. The molecule has 2 aromatic carbocycles. The monoisotopic (exact) mass is 472 g/mol. The number of amides is 1. The lowest BCUT2D eigenvalue weighted by Gasteiger charge is -2.31. The molecule has 1 saturated heterocycles. The van der Waals surface area contributed by atoms with Crippen molar-refractivity contribution in [2.75, 3.05) is 20.2 Å². The molecule has 0 N–H and O–H groups in total. The molecule has 4 aromatic rings. The maximum Gasteiger partial charge on any atom is 0.252 e. The minimum Gasteiger partial charge on any atom is -0.496 e. The largest absolute Gasteiger partial charge is 0.496 e. The summed E-state index contributed by atoms with van der Waals surface area (Å²) in [5.74, 6) is 2.22. The number of hydrogen-bond donors (Lipinski definition) is 0. The minimum absolute atomic E-state index is 0.0767. The molecule has 5 rings (SSSR count). The topological polar surface area (TPSA) is 86.0 Å². The molecule has 0 spiro atoms. The number of hydrogen-bond acceptors (Lipinski definition) is 6. The standard InChI is InChI=1S/C26H25FN6O2/c1-35-22-6-3-2-5-20(22)17-23(34)32-15-11-19(12-16-32)25-30-24(18-7-9-21(27)10-8-18)31-33(25)26-28-13-4-14-29-26/h2-10,13-14,19H,11-12,15-17H2,1H3. The highest BCUT2D eigenvalue weighted by Crippen LogP contribution is 2.30. The Morgan fingerprint density at radius 2 is 1.74 bits per heavy atom. The molecule has 2 aromatic heterocycles. The van der Waals surface area contributed by atoms with E-state index in [1.165, 1.54) is 12.1 Å². The first-order chi connectivity index (χ1) is 17.1. The summed E-state index contributed by atoms with van der Waals surface area (Å²) in [5.41, 5.74) is 1.60. The number of para-hydroxylation sites is 1. The summed E-state index contributed by atoms with van der Waals surface area (Å²) in [7, 11) is 1.61. The van der Waals surface area contributed by atoms with Gasteiger partial charge in [-0.1, -0.05) is 18.2 Å². The van der Waals surface area contributed by atoms with Crippen LogP contribution in [0.15, 0.2) is 67.0 Å². The Hall–Kier alpha value is -4.14. The van der Waals surface area contributed by atoms with Crippen molar-refractivity contribution in [1.29, 1.82) is 0 Å². The van der Waals surface area contributed by atoms with E-state index in [4.69, 9.17) is 9.72 Å². The summed E-state index contributed by atoms with van der Waals surface area (Å²) in [6.07, 6.45) is 5.10. The molecule has 1 fully saturated rings. The van der Waals surface area contributed by atoms with Crippen molar-refractivity contribution in [3.63, 3.8) is 0 Å². The normalized spacial score (nSPS) is 14.2. The number of methoxy groups -OCH3 is 1. The third kappa shape index (κ3) is 4.89. The van der Waals surface area contributed by atoms with Gasteiger partial charge in [-0.05, 0) is 49.2 Å². The Morgan fingerprint density at radius 3 is 2.46 bits per heavy atom. The van der Waals surface area contributed by atoms with Gasteiger partial charge >= 0.3 is 0 Å². The SMILES string of the molecule is COc1ccccc1CC(=O)N1CCC(c2nc(-c3ccc(F)cc3)nn2-c2ncccn2)CC1. The lowest BCUT2D eigenvalue weighted by atomic mass is 9.95. The number of aromatic nitrogens is 5. The number of piperidine rings is 1. The molecular formula is C26H25FN6O2. The van der Waals surface area contributed by atoms with Gasteiger partial charge in [-0.25, -0.2) is 19.3 Å². The summed E-state index contributed by atoms with van der Waals surface area (Å²) < 4.78 is 20.5. The van der Waals surface area contributed by atoms with Crippen molar-refractivity contribution >= 4 is 5.91 Å². The molecule has 178 valence electrons. The van der Waals surface area contributed by atoms with Crippen LogP contribution in [0.4, 0.5) is 4.39 Å². The molecule has 8 nitrogen and oxygen atoms in total. The van der Waals surface area contributed by atoms with Gasteiger partial charge in [0.15, 0.2) is 5.82 Å². The van der Waals surface area contributed by atoms with Crippen LogP contribution in [0.25, 0.3) is 17.3 Å². The smallest absolute Gasteiger partial charge is 0.252 e. The summed E-state index contributed by atoms with van der Waals surface area (Å²) in [6.45, 7) is 1.24. The quantitative estimate of drug-likeness (QED) is 0.424. The Kier molecular flexibility index (Phi) is 6.47. The highest BCUT2D eigenvalue weighted by molar-refractivity contribution is 5.79. The highest BCUT2D eigenvalue weighted by atomic mass is 19.1. The van der Waals surface area contributed by atoms with Crippen LogP contribution in [0.1, 0.15) is 30.1 Å². The van der Waals surface area contributed by atoms with Crippen molar-refractivity contribution in [2.45, 2.75) is 25.2 Å². The highest BCUT2D eigenvalue weighted by Gasteiger charge is 2.29. The number of halogens is 1. The Labute approximate surface area is 202 Å². The van der Waals surface area contributed by atoms with Crippen LogP contribution < -0.4 is 4.74 Å². The van der Waals surface area contributed by atoms with E-state index in [1.54, 1.807) is 42.4 Å². The Morgan fingerprint density at radius 1 is 1.03 bits per heavy atom. The molecule has 0 atom stereocenters. The average Bonchev–Trinajstić information content (AvgIpc) is 3.35. The molecule has 0 bridgehead atoms. The van der Waals surface area contributed by atoms with E-state index in [0.717, 1.165) is 30.0 Å². The third-order valence-corrected chi connectivity index (χ3v) is 6.22. The lowest BCUT2D eigenvalue weighted by molar-refractivity contribution is -0.131. The predicted octanol–water partition coefficient (Wildman–Crippen LogP) is 3.82. The molecule has 9 heteroatoms. The first-order valence-electron chi connectivity index (χ1n) is 11.5. The molecule has 0 radical (unpaired) electrons. The van der Waals surface area contributed by atoms with Crippen LogP contribution >= 0.6 is 0 Å². The van der Waals surface area contributed by atoms with Crippen molar-refractivity contribution in [3.8, 4) is 23.1 Å². The van der Waals surface area contributed by atoms with E-state index in [0.29, 0.717) is 36.8 Å². The zero-order valence-corrected chi connectivity index (χ0v) is 19.3. The van der Waals surface area contributed by atoms with Gasteiger partial charge in [-0.15, -0.1) is 5.10 Å². The summed E-state index contributed by atoms with van der Waals surface area (Å²) in [5, 5.41) is 4.65. The van der Waals surface area contributed by atoms with Crippen molar-refractivity contribution in [1.82, 2.24) is 29.6 Å². The van der Waals surface area contributed by atoms with Crippen molar-refractivity contribution < 1.29 is 13.9 Å². The van der Waals surface area contributed by atoms with Crippen LogP contribution in [0, 0.1) is 5.82 Å². The summed E-state index contributed by atoms with van der Waals surface area (Å²) >= 11 is 0. The van der Waals surface area contributed by atoms with E-state index in [2.05, 4.69) is 15.1 Å². The number of rotatable bonds is 6. The Bertz CT molecular complexity index is 1300. The average molecular weight is 473 g/mol. The zero-order chi connectivity index (χ0) is 24.2. The molecule has 1 aliphatic heterocycles. The molecule has 0 saturated carbocycles. The second kappa shape index (κ2) is 10.0. The molecule has 3 heterocycles. The van der Waals surface area contributed by atoms with E-state index >= 15 is 0 Å². The lowest BCUT2D eigenvalue weighted by Crippen LogP contribution is -2.39. The van der Waals surface area contributed by atoms with Crippen molar-refractivity contribution in [2.24, 2.45) is 0 Å². The van der Waals surface area contributed by atoms with Crippen molar-refractivity contribution in [3.05, 3.63) is 84.2 Å². The number of benzene rings is 2. The number of likely N-dealkylation sites (tertiary alicyclic amines) is 1. The van der Waals surface area contributed by atoms with Gasteiger partial charge in [0.2, 0.25) is 5.91 Å². The maximum atomic E-state index is 13.4. The number of carbonyl (C=O) groups excluding carboxylic acids is 1. The fourth-order valence-corrected chi connectivity index (χ4v) is 4.37. The first-order valence-corrected chi connectivity index (χ1v) is 11.5. The molecule has 1 aliphatic rings. The van der Waals surface area contributed by atoms with Gasteiger partial charge in [0, 0.05) is 42.5 Å². The van der Waals surface area contributed by atoms with E-state index in [1.807, 2.05) is 29.2 Å². The number of carbonyl (C=O) groups is 1. The molecule has 1 amide bonds. The van der Waals surface area contributed by atoms with Crippen LogP contribution in [-0.4, -0.2) is 55.7 Å². The second-order valence-electron chi connectivity index (χ2n) is 8.40. The van der Waals surface area contributed by atoms with Crippen LogP contribution in [-0.2, 0) is 11.2 Å². The Balaban J connectivity index is 1.35. The summed E-state index contributed by atoms with van der Waals surface area (Å²) in [6, 6.07) is 15.4. The fourth-order valence-electron chi connectivity index (χ4n) is 4.37. The van der Waals surface area contributed by atoms with E-state index < -0.39 is 0 Å². The van der Waals surface area contributed by atoms with Gasteiger partial charge < -0.3 is 9.64 Å². The second-order valence-corrected chi connectivity index (χ2v) is 8.40.